The van der Waals surface area contributed by atoms with Gasteiger partial charge in [-0.25, -0.2) is 0 Å². The number of carbonyl (C=O) groups is 3. The number of nitrogens with one attached hydrogen (secondary N) is 1. The van der Waals surface area contributed by atoms with Crippen LogP contribution in [0.2, 0.25) is 10.0 Å². The van der Waals surface area contributed by atoms with Crippen LogP contribution in [0.4, 0.5) is 4.79 Å². The van der Waals surface area contributed by atoms with Gasteiger partial charge >= 0.3 is 0 Å². The Labute approximate surface area is 154 Å². The second-order valence-corrected chi connectivity index (χ2v) is 6.91. The summed E-state index contributed by atoms with van der Waals surface area (Å²) in [4.78, 5) is 37.1. The van der Waals surface area contributed by atoms with Gasteiger partial charge in [0.15, 0.2) is 0 Å². The molecule has 0 bridgehead atoms. The topological polar surface area (TPSA) is 66.5 Å². The number of halogens is 2. The van der Waals surface area contributed by atoms with E-state index in [9.17, 15) is 14.4 Å². The SMILES string of the molecule is CCCC(=O)NCCN1C(=O)SC(=Cc2ccc(Cl)c(Cl)c2)C1=O. The summed E-state index contributed by atoms with van der Waals surface area (Å²) in [7, 11) is 0. The van der Waals surface area contributed by atoms with Gasteiger partial charge in [-0.1, -0.05) is 36.2 Å². The highest BCUT2D eigenvalue weighted by Crippen LogP contribution is 2.33. The Hall–Kier alpha value is -1.50. The molecule has 0 atom stereocenters. The first-order chi connectivity index (χ1) is 11.4. The molecular weight excluding hydrogens is 371 g/mol. The molecule has 0 spiro atoms. The maximum Gasteiger partial charge on any atom is 0.293 e. The quantitative estimate of drug-likeness (QED) is 0.751. The fourth-order valence-electron chi connectivity index (χ4n) is 2.07. The molecule has 1 N–H and O–H groups in total. The third-order valence-electron chi connectivity index (χ3n) is 3.25. The minimum absolute atomic E-state index is 0.0872. The molecule has 1 fully saturated rings. The van der Waals surface area contributed by atoms with Crippen LogP contribution >= 0.6 is 35.0 Å². The first-order valence-electron chi connectivity index (χ1n) is 7.39. The zero-order chi connectivity index (χ0) is 17.7. The molecule has 3 amide bonds. The van der Waals surface area contributed by atoms with Gasteiger partial charge in [0, 0.05) is 19.5 Å². The van der Waals surface area contributed by atoms with Gasteiger partial charge in [0.1, 0.15) is 0 Å². The van der Waals surface area contributed by atoms with Crippen molar-refractivity contribution in [2.75, 3.05) is 13.1 Å². The van der Waals surface area contributed by atoms with Gasteiger partial charge in [-0.3, -0.25) is 19.3 Å². The van der Waals surface area contributed by atoms with Crippen molar-refractivity contribution < 1.29 is 14.4 Å². The molecule has 0 aromatic heterocycles. The van der Waals surface area contributed by atoms with Crippen molar-refractivity contribution in [3.63, 3.8) is 0 Å². The largest absolute Gasteiger partial charge is 0.354 e. The average molecular weight is 387 g/mol. The van der Waals surface area contributed by atoms with Crippen LogP contribution in [0.15, 0.2) is 23.1 Å². The zero-order valence-corrected chi connectivity index (χ0v) is 15.3. The summed E-state index contributed by atoms with van der Waals surface area (Å²) < 4.78 is 0. The highest BCUT2D eigenvalue weighted by atomic mass is 35.5. The molecule has 128 valence electrons. The van der Waals surface area contributed by atoms with E-state index in [1.54, 1.807) is 24.3 Å². The highest BCUT2D eigenvalue weighted by Gasteiger charge is 2.34. The molecule has 0 aliphatic carbocycles. The van der Waals surface area contributed by atoms with Crippen LogP contribution in [-0.2, 0) is 9.59 Å². The summed E-state index contributed by atoms with van der Waals surface area (Å²) in [6.07, 6.45) is 2.78. The number of hydrogen-bond donors (Lipinski definition) is 1. The molecule has 1 heterocycles. The molecule has 1 aromatic rings. The van der Waals surface area contributed by atoms with Crippen LogP contribution in [-0.4, -0.2) is 35.0 Å². The molecule has 2 rings (SSSR count). The number of amides is 3. The van der Waals surface area contributed by atoms with Crippen LogP contribution in [0.1, 0.15) is 25.3 Å². The van der Waals surface area contributed by atoms with E-state index in [2.05, 4.69) is 5.32 Å². The van der Waals surface area contributed by atoms with Gasteiger partial charge < -0.3 is 5.32 Å². The zero-order valence-electron chi connectivity index (χ0n) is 13.0. The Balaban J connectivity index is 2.01. The summed E-state index contributed by atoms with van der Waals surface area (Å²) in [6, 6.07) is 4.97. The Morgan fingerprint density at radius 3 is 2.71 bits per heavy atom. The summed E-state index contributed by atoms with van der Waals surface area (Å²) >= 11 is 12.7. The molecule has 1 aliphatic heterocycles. The minimum atomic E-state index is -0.374. The number of carbonyl (C=O) groups excluding carboxylic acids is 3. The van der Waals surface area contributed by atoms with Gasteiger partial charge in [0.25, 0.3) is 11.1 Å². The predicted octanol–water partition coefficient (Wildman–Crippen LogP) is 3.95. The van der Waals surface area contributed by atoms with E-state index >= 15 is 0 Å². The van der Waals surface area contributed by atoms with E-state index in [1.807, 2.05) is 6.92 Å². The molecule has 8 heteroatoms. The monoisotopic (exact) mass is 386 g/mol. The van der Waals surface area contributed by atoms with Gasteiger partial charge in [-0.05, 0) is 42.0 Å². The Morgan fingerprint density at radius 2 is 2.04 bits per heavy atom. The lowest BCUT2D eigenvalue weighted by Crippen LogP contribution is -2.37. The van der Waals surface area contributed by atoms with E-state index in [4.69, 9.17) is 23.2 Å². The van der Waals surface area contributed by atoms with E-state index in [0.717, 1.165) is 23.1 Å². The van der Waals surface area contributed by atoms with Gasteiger partial charge in [-0.15, -0.1) is 0 Å². The Morgan fingerprint density at radius 1 is 1.29 bits per heavy atom. The number of hydrogen-bond acceptors (Lipinski definition) is 4. The third-order valence-corrected chi connectivity index (χ3v) is 4.90. The van der Waals surface area contributed by atoms with Crippen LogP contribution in [0.3, 0.4) is 0 Å². The van der Waals surface area contributed by atoms with Crippen LogP contribution in [0, 0.1) is 0 Å². The smallest absolute Gasteiger partial charge is 0.293 e. The predicted molar refractivity (Wildman–Crippen MR) is 97.1 cm³/mol. The number of imide groups is 1. The van der Waals surface area contributed by atoms with Crippen molar-refractivity contribution in [3.8, 4) is 0 Å². The van der Waals surface area contributed by atoms with Crippen molar-refractivity contribution in [1.29, 1.82) is 0 Å². The number of rotatable bonds is 6. The van der Waals surface area contributed by atoms with Gasteiger partial charge in [0.05, 0.1) is 15.0 Å². The normalized spacial score (nSPS) is 16.1. The lowest BCUT2D eigenvalue weighted by molar-refractivity contribution is -0.124. The summed E-state index contributed by atoms with van der Waals surface area (Å²) in [5.74, 6) is -0.461. The van der Waals surface area contributed by atoms with Crippen molar-refractivity contribution >= 4 is 58.1 Å². The molecule has 1 aromatic carbocycles. The maximum atomic E-state index is 12.3. The fraction of sp³-hybridized carbons (Fsp3) is 0.312. The minimum Gasteiger partial charge on any atom is -0.354 e. The molecule has 0 unspecified atom stereocenters. The number of nitrogens with zero attached hydrogens (tertiary/aromatic N) is 1. The van der Waals surface area contributed by atoms with E-state index in [0.29, 0.717) is 26.9 Å². The summed E-state index contributed by atoms with van der Waals surface area (Å²) in [5, 5.41) is 3.13. The fourth-order valence-corrected chi connectivity index (χ4v) is 3.24. The lowest BCUT2D eigenvalue weighted by Gasteiger charge is -2.12. The van der Waals surface area contributed by atoms with Crippen LogP contribution in [0.5, 0.6) is 0 Å². The highest BCUT2D eigenvalue weighted by molar-refractivity contribution is 8.18. The van der Waals surface area contributed by atoms with Crippen molar-refractivity contribution in [3.05, 3.63) is 38.7 Å². The maximum absolute atomic E-state index is 12.3. The molecule has 0 saturated carbocycles. The first kappa shape index (κ1) is 18.8. The van der Waals surface area contributed by atoms with E-state index < -0.39 is 0 Å². The number of thioether (sulfide) groups is 1. The molecule has 1 aliphatic rings. The standard InChI is InChI=1S/C16H16Cl2N2O3S/c1-2-3-14(21)19-6-7-20-15(22)13(24-16(20)23)9-10-4-5-11(17)12(18)8-10/h4-5,8-9H,2-3,6-7H2,1H3,(H,19,21). The second-order valence-electron chi connectivity index (χ2n) is 5.11. The van der Waals surface area contributed by atoms with Crippen LogP contribution < -0.4 is 5.32 Å². The lowest BCUT2D eigenvalue weighted by atomic mass is 10.2. The van der Waals surface area contributed by atoms with Crippen molar-refractivity contribution in [2.45, 2.75) is 19.8 Å². The first-order valence-corrected chi connectivity index (χ1v) is 8.96. The molecule has 1 saturated heterocycles. The Kier molecular flexibility index (Phi) is 6.71. The average Bonchev–Trinajstić information content (AvgIpc) is 2.78. The second kappa shape index (κ2) is 8.55. The van der Waals surface area contributed by atoms with Crippen LogP contribution in [0.25, 0.3) is 6.08 Å². The van der Waals surface area contributed by atoms with E-state index in [-0.39, 0.29) is 30.1 Å². The summed E-state index contributed by atoms with van der Waals surface area (Å²) in [5.41, 5.74) is 0.686. The third kappa shape index (κ3) is 4.75. The summed E-state index contributed by atoms with van der Waals surface area (Å²) in [6.45, 7) is 2.31. The number of benzene rings is 1. The van der Waals surface area contributed by atoms with Crippen molar-refractivity contribution in [2.24, 2.45) is 0 Å². The Bertz CT molecular complexity index is 707. The van der Waals surface area contributed by atoms with Crippen molar-refractivity contribution in [1.82, 2.24) is 10.2 Å². The molecule has 5 nitrogen and oxygen atoms in total. The molecule has 24 heavy (non-hydrogen) atoms. The molecular formula is C16H16Cl2N2O3S. The van der Waals surface area contributed by atoms with Gasteiger partial charge in [0.2, 0.25) is 5.91 Å². The van der Waals surface area contributed by atoms with E-state index in [1.165, 1.54) is 0 Å². The van der Waals surface area contributed by atoms with Gasteiger partial charge in [-0.2, -0.15) is 0 Å². The molecule has 0 radical (unpaired) electrons.